The SMILES string of the molecule is O=C1CC(C(=O)OCC2CCCN3CCCCC23)C2(CCCCC2)O1. The van der Waals surface area contributed by atoms with Crippen molar-refractivity contribution in [3.8, 4) is 0 Å². The molecule has 0 aromatic rings. The second-order valence-corrected chi connectivity index (χ2v) is 8.49. The normalized spacial score (nSPS) is 35.2. The third-order valence-corrected chi connectivity index (χ3v) is 6.98. The van der Waals surface area contributed by atoms with Crippen molar-refractivity contribution in [1.29, 1.82) is 0 Å². The van der Waals surface area contributed by atoms with Gasteiger partial charge in [0.15, 0.2) is 0 Å². The first-order valence-electron chi connectivity index (χ1n) is 10.3. The van der Waals surface area contributed by atoms with Crippen LogP contribution in [-0.4, -0.2) is 48.2 Å². The van der Waals surface area contributed by atoms with Crippen molar-refractivity contribution in [3.05, 3.63) is 0 Å². The lowest BCUT2D eigenvalue weighted by molar-refractivity contribution is -0.163. The number of piperidine rings is 2. The van der Waals surface area contributed by atoms with Crippen LogP contribution < -0.4 is 0 Å². The quantitative estimate of drug-likeness (QED) is 0.733. The Morgan fingerprint density at radius 1 is 1.08 bits per heavy atom. The van der Waals surface area contributed by atoms with E-state index in [0.717, 1.165) is 32.1 Å². The van der Waals surface area contributed by atoms with E-state index in [1.54, 1.807) is 0 Å². The van der Waals surface area contributed by atoms with Crippen LogP contribution in [0.15, 0.2) is 0 Å². The van der Waals surface area contributed by atoms with Crippen LogP contribution in [0.3, 0.4) is 0 Å². The van der Waals surface area contributed by atoms with Gasteiger partial charge >= 0.3 is 11.9 Å². The lowest BCUT2D eigenvalue weighted by Gasteiger charge is -2.44. The van der Waals surface area contributed by atoms with E-state index in [-0.39, 0.29) is 24.3 Å². The summed E-state index contributed by atoms with van der Waals surface area (Å²) in [6, 6.07) is 0.584. The zero-order valence-corrected chi connectivity index (χ0v) is 15.2. The number of hydrogen-bond donors (Lipinski definition) is 0. The van der Waals surface area contributed by atoms with E-state index in [4.69, 9.17) is 9.47 Å². The number of carbonyl (C=O) groups is 2. The molecule has 0 aromatic carbocycles. The van der Waals surface area contributed by atoms with Crippen LogP contribution >= 0.6 is 0 Å². The van der Waals surface area contributed by atoms with Crippen LogP contribution in [-0.2, 0) is 19.1 Å². The molecule has 4 aliphatic rings. The standard InChI is InChI=1S/C20H31NO4/c22-18-13-16(20(25-18)9-3-1-4-10-20)19(23)24-14-15-7-6-12-21-11-5-2-8-17(15)21/h15-17H,1-14H2. The van der Waals surface area contributed by atoms with Crippen LogP contribution in [0, 0.1) is 11.8 Å². The summed E-state index contributed by atoms with van der Waals surface area (Å²) in [4.78, 5) is 27.3. The first-order chi connectivity index (χ1) is 12.2. The van der Waals surface area contributed by atoms with Crippen LogP contribution in [0.1, 0.15) is 70.6 Å². The van der Waals surface area contributed by atoms with Gasteiger partial charge in [-0.25, -0.2) is 0 Å². The van der Waals surface area contributed by atoms with Gasteiger partial charge in [0.2, 0.25) is 0 Å². The predicted octanol–water partition coefficient (Wildman–Crippen LogP) is 3.06. The first-order valence-corrected chi connectivity index (χ1v) is 10.3. The Morgan fingerprint density at radius 2 is 1.88 bits per heavy atom. The van der Waals surface area contributed by atoms with Crippen molar-refractivity contribution in [3.63, 3.8) is 0 Å². The number of esters is 2. The van der Waals surface area contributed by atoms with Gasteiger partial charge in [-0.2, -0.15) is 0 Å². The molecule has 3 aliphatic heterocycles. The predicted molar refractivity (Wildman–Crippen MR) is 92.9 cm³/mol. The van der Waals surface area contributed by atoms with Crippen LogP contribution in [0.4, 0.5) is 0 Å². The Kier molecular flexibility index (Phi) is 5.03. The molecule has 4 rings (SSSR count). The fraction of sp³-hybridized carbons (Fsp3) is 0.900. The molecule has 4 fully saturated rings. The van der Waals surface area contributed by atoms with E-state index in [1.165, 1.54) is 45.2 Å². The molecule has 5 nitrogen and oxygen atoms in total. The zero-order valence-electron chi connectivity index (χ0n) is 15.2. The number of fused-ring (bicyclic) bond motifs is 1. The molecule has 1 aliphatic carbocycles. The van der Waals surface area contributed by atoms with Gasteiger partial charge in [0, 0.05) is 12.0 Å². The fourth-order valence-electron chi connectivity index (χ4n) is 5.65. The second kappa shape index (κ2) is 7.26. The molecule has 1 spiro atoms. The highest BCUT2D eigenvalue weighted by atomic mass is 16.6. The topological polar surface area (TPSA) is 55.8 Å². The van der Waals surface area contributed by atoms with E-state index in [0.29, 0.717) is 18.6 Å². The van der Waals surface area contributed by atoms with E-state index in [1.807, 2.05) is 0 Å². The van der Waals surface area contributed by atoms with Gasteiger partial charge in [-0.15, -0.1) is 0 Å². The van der Waals surface area contributed by atoms with E-state index >= 15 is 0 Å². The van der Waals surface area contributed by atoms with E-state index in [2.05, 4.69) is 4.90 Å². The molecule has 3 saturated heterocycles. The van der Waals surface area contributed by atoms with Gasteiger partial charge in [0.25, 0.3) is 0 Å². The van der Waals surface area contributed by atoms with E-state index < -0.39 is 5.60 Å². The first kappa shape index (κ1) is 17.3. The molecule has 0 amide bonds. The Bertz CT molecular complexity index is 512. The summed E-state index contributed by atoms with van der Waals surface area (Å²) >= 11 is 0. The molecule has 3 atom stereocenters. The Morgan fingerprint density at radius 3 is 2.72 bits per heavy atom. The van der Waals surface area contributed by atoms with Gasteiger partial charge in [-0.1, -0.05) is 12.8 Å². The van der Waals surface area contributed by atoms with Crippen LogP contribution in [0.5, 0.6) is 0 Å². The molecular weight excluding hydrogens is 318 g/mol. The molecule has 3 unspecified atom stereocenters. The van der Waals surface area contributed by atoms with Crippen molar-refractivity contribution < 1.29 is 19.1 Å². The summed E-state index contributed by atoms with van der Waals surface area (Å²) in [7, 11) is 0. The number of rotatable bonds is 3. The highest BCUT2D eigenvalue weighted by Gasteiger charge is 2.53. The third kappa shape index (κ3) is 3.44. The van der Waals surface area contributed by atoms with Crippen molar-refractivity contribution >= 4 is 11.9 Å². The van der Waals surface area contributed by atoms with Gasteiger partial charge in [-0.05, 0) is 64.5 Å². The second-order valence-electron chi connectivity index (χ2n) is 8.49. The summed E-state index contributed by atoms with van der Waals surface area (Å²) in [5, 5.41) is 0. The number of ether oxygens (including phenoxy) is 2. The molecule has 3 heterocycles. The molecule has 140 valence electrons. The summed E-state index contributed by atoms with van der Waals surface area (Å²) in [6.07, 6.45) is 11.3. The van der Waals surface area contributed by atoms with Crippen molar-refractivity contribution in [2.24, 2.45) is 11.8 Å². The lowest BCUT2D eigenvalue weighted by atomic mass is 9.76. The monoisotopic (exact) mass is 349 g/mol. The largest absolute Gasteiger partial charge is 0.465 e. The average Bonchev–Trinajstić information content (AvgIpc) is 2.95. The van der Waals surface area contributed by atoms with Crippen LogP contribution in [0.2, 0.25) is 0 Å². The molecule has 0 aromatic heterocycles. The third-order valence-electron chi connectivity index (χ3n) is 6.98. The Labute approximate surface area is 150 Å². The molecule has 0 radical (unpaired) electrons. The van der Waals surface area contributed by atoms with Gasteiger partial charge in [-0.3, -0.25) is 14.5 Å². The minimum atomic E-state index is -0.560. The summed E-state index contributed by atoms with van der Waals surface area (Å²) in [6.45, 7) is 2.91. The van der Waals surface area contributed by atoms with Crippen molar-refractivity contribution in [1.82, 2.24) is 4.90 Å². The summed E-state index contributed by atoms with van der Waals surface area (Å²) in [5.74, 6) is -0.342. The molecule has 0 N–H and O–H groups in total. The minimum Gasteiger partial charge on any atom is -0.465 e. The summed E-state index contributed by atoms with van der Waals surface area (Å²) < 4.78 is 11.4. The smallest absolute Gasteiger partial charge is 0.313 e. The van der Waals surface area contributed by atoms with Gasteiger partial charge in [0.1, 0.15) is 11.5 Å². The fourth-order valence-corrected chi connectivity index (χ4v) is 5.65. The lowest BCUT2D eigenvalue weighted by Crippen LogP contribution is -2.49. The molecule has 0 bridgehead atoms. The van der Waals surface area contributed by atoms with Crippen molar-refractivity contribution in [2.45, 2.75) is 82.3 Å². The van der Waals surface area contributed by atoms with Crippen molar-refractivity contribution in [2.75, 3.05) is 19.7 Å². The maximum Gasteiger partial charge on any atom is 0.313 e. The number of nitrogens with zero attached hydrogens (tertiary/aromatic N) is 1. The Hall–Kier alpha value is -1.10. The number of carbonyl (C=O) groups excluding carboxylic acids is 2. The molecule has 25 heavy (non-hydrogen) atoms. The van der Waals surface area contributed by atoms with Gasteiger partial charge in [0.05, 0.1) is 13.0 Å². The molecule has 1 saturated carbocycles. The zero-order chi connectivity index (χ0) is 17.3. The van der Waals surface area contributed by atoms with Crippen LogP contribution in [0.25, 0.3) is 0 Å². The average molecular weight is 349 g/mol. The van der Waals surface area contributed by atoms with E-state index in [9.17, 15) is 9.59 Å². The summed E-state index contributed by atoms with van der Waals surface area (Å²) in [5.41, 5.74) is -0.560. The Balaban J connectivity index is 1.37. The highest BCUT2D eigenvalue weighted by molar-refractivity contribution is 5.84. The maximum absolute atomic E-state index is 12.8. The molecule has 5 heteroatoms. The number of hydrogen-bond acceptors (Lipinski definition) is 5. The minimum absolute atomic E-state index is 0.194. The van der Waals surface area contributed by atoms with Gasteiger partial charge < -0.3 is 9.47 Å². The molecular formula is C20H31NO4. The highest BCUT2D eigenvalue weighted by Crippen LogP contribution is 2.44. The maximum atomic E-state index is 12.8.